The van der Waals surface area contributed by atoms with E-state index in [0.29, 0.717) is 0 Å². The van der Waals surface area contributed by atoms with Crippen molar-refractivity contribution in [3.8, 4) is 0 Å². The highest BCUT2D eigenvalue weighted by molar-refractivity contribution is 7.99. The van der Waals surface area contributed by atoms with Crippen LogP contribution in [-0.2, 0) is 4.79 Å². The number of likely N-dealkylation sites (tertiary alicyclic amines) is 1. The average Bonchev–Trinajstić information content (AvgIpc) is 2.69. The molecule has 1 unspecified atom stereocenters. The number of benzene rings is 1. The molecule has 1 amide bonds. The largest absolute Gasteiger partial charge is 0.399 e. The SMILES string of the molecule is CN1CCC(N2CCSc3ccc(N)cc32)C1=O. The Morgan fingerprint density at radius 3 is 2.94 bits per heavy atom. The second kappa shape index (κ2) is 4.39. The maximum atomic E-state index is 12.1. The van der Waals surface area contributed by atoms with Gasteiger partial charge in [-0.3, -0.25) is 4.79 Å². The Hall–Kier alpha value is -1.36. The van der Waals surface area contributed by atoms with Crippen LogP contribution in [0.5, 0.6) is 0 Å². The lowest BCUT2D eigenvalue weighted by atomic mass is 10.1. The Kier molecular flexibility index (Phi) is 2.86. The molecular formula is C13H17N3OS. The number of nitrogens with zero attached hydrogens (tertiary/aromatic N) is 2. The summed E-state index contributed by atoms with van der Waals surface area (Å²) in [4.78, 5) is 17.4. The van der Waals surface area contributed by atoms with E-state index in [2.05, 4.69) is 11.0 Å². The number of carbonyl (C=O) groups is 1. The van der Waals surface area contributed by atoms with E-state index in [-0.39, 0.29) is 11.9 Å². The lowest BCUT2D eigenvalue weighted by Crippen LogP contribution is -2.43. The Labute approximate surface area is 111 Å². The van der Waals surface area contributed by atoms with E-state index in [9.17, 15) is 4.79 Å². The molecule has 0 spiro atoms. The highest BCUT2D eigenvalue weighted by atomic mass is 32.2. The smallest absolute Gasteiger partial charge is 0.245 e. The van der Waals surface area contributed by atoms with Gasteiger partial charge in [0.1, 0.15) is 6.04 Å². The molecule has 1 atom stereocenters. The highest BCUT2D eigenvalue weighted by Crippen LogP contribution is 2.38. The van der Waals surface area contributed by atoms with Crippen LogP contribution in [0.15, 0.2) is 23.1 Å². The number of thioether (sulfide) groups is 1. The van der Waals surface area contributed by atoms with Gasteiger partial charge in [-0.25, -0.2) is 0 Å². The number of hydrogen-bond donors (Lipinski definition) is 1. The summed E-state index contributed by atoms with van der Waals surface area (Å²) in [6.45, 7) is 1.77. The average molecular weight is 263 g/mol. The van der Waals surface area contributed by atoms with Gasteiger partial charge in [-0.1, -0.05) is 0 Å². The van der Waals surface area contributed by atoms with E-state index in [0.717, 1.165) is 36.6 Å². The van der Waals surface area contributed by atoms with Gasteiger partial charge < -0.3 is 15.5 Å². The van der Waals surface area contributed by atoms with Crippen molar-refractivity contribution in [1.82, 2.24) is 4.90 Å². The van der Waals surface area contributed by atoms with Gasteiger partial charge in [0.2, 0.25) is 5.91 Å². The van der Waals surface area contributed by atoms with Crippen molar-refractivity contribution < 1.29 is 4.79 Å². The maximum absolute atomic E-state index is 12.1. The number of anilines is 2. The first-order valence-corrected chi connectivity index (χ1v) is 7.19. The summed E-state index contributed by atoms with van der Waals surface area (Å²) in [5, 5.41) is 0. The summed E-state index contributed by atoms with van der Waals surface area (Å²) in [7, 11) is 1.88. The molecule has 1 fully saturated rings. The molecule has 0 bridgehead atoms. The fourth-order valence-corrected chi connectivity index (χ4v) is 3.67. The molecule has 18 heavy (non-hydrogen) atoms. The lowest BCUT2D eigenvalue weighted by molar-refractivity contribution is -0.127. The van der Waals surface area contributed by atoms with Crippen molar-refractivity contribution in [2.45, 2.75) is 17.4 Å². The topological polar surface area (TPSA) is 49.6 Å². The first kappa shape index (κ1) is 11.7. The van der Waals surface area contributed by atoms with Crippen LogP contribution < -0.4 is 10.6 Å². The minimum absolute atomic E-state index is 0.00329. The number of nitrogens with two attached hydrogens (primary N) is 1. The summed E-state index contributed by atoms with van der Waals surface area (Å²) >= 11 is 1.84. The highest BCUT2D eigenvalue weighted by Gasteiger charge is 2.36. The second-order valence-electron chi connectivity index (χ2n) is 4.83. The van der Waals surface area contributed by atoms with Crippen LogP contribution in [0.4, 0.5) is 11.4 Å². The molecule has 1 aromatic rings. The van der Waals surface area contributed by atoms with Gasteiger partial charge in [0.05, 0.1) is 5.69 Å². The van der Waals surface area contributed by atoms with Crippen molar-refractivity contribution in [2.24, 2.45) is 0 Å². The van der Waals surface area contributed by atoms with Gasteiger partial charge in [0.15, 0.2) is 0 Å². The molecule has 1 saturated heterocycles. The number of carbonyl (C=O) groups excluding carboxylic acids is 1. The zero-order chi connectivity index (χ0) is 12.7. The third kappa shape index (κ3) is 1.82. The van der Waals surface area contributed by atoms with Crippen molar-refractivity contribution in [1.29, 1.82) is 0 Å². The fraction of sp³-hybridized carbons (Fsp3) is 0.462. The Morgan fingerprint density at radius 1 is 1.39 bits per heavy atom. The van der Waals surface area contributed by atoms with E-state index in [4.69, 9.17) is 5.73 Å². The third-order valence-electron chi connectivity index (χ3n) is 3.66. The van der Waals surface area contributed by atoms with Crippen LogP contribution >= 0.6 is 11.8 Å². The Bertz CT molecular complexity index is 491. The van der Waals surface area contributed by atoms with E-state index >= 15 is 0 Å². The predicted octanol–water partition coefficient (Wildman–Crippen LogP) is 1.41. The van der Waals surface area contributed by atoms with Crippen LogP contribution in [-0.4, -0.2) is 42.7 Å². The van der Waals surface area contributed by atoms with E-state index in [1.807, 2.05) is 35.8 Å². The number of rotatable bonds is 1. The number of hydrogen-bond acceptors (Lipinski definition) is 4. The van der Waals surface area contributed by atoms with Crippen LogP contribution in [0.3, 0.4) is 0 Å². The van der Waals surface area contributed by atoms with Gasteiger partial charge in [-0.05, 0) is 24.6 Å². The normalized spacial score (nSPS) is 23.4. The molecule has 2 aliphatic rings. The number of likely N-dealkylation sites (N-methyl/N-ethyl adjacent to an activating group) is 1. The second-order valence-corrected chi connectivity index (χ2v) is 5.97. The van der Waals surface area contributed by atoms with Gasteiger partial charge in [-0.15, -0.1) is 11.8 Å². The molecule has 0 aromatic heterocycles. The molecule has 0 radical (unpaired) electrons. The quantitative estimate of drug-likeness (QED) is 0.778. The van der Waals surface area contributed by atoms with E-state index < -0.39 is 0 Å². The first-order valence-electron chi connectivity index (χ1n) is 6.21. The van der Waals surface area contributed by atoms with Gasteiger partial charge in [-0.2, -0.15) is 0 Å². The molecule has 96 valence electrons. The fourth-order valence-electron chi connectivity index (χ4n) is 2.67. The van der Waals surface area contributed by atoms with Crippen LogP contribution in [0.25, 0.3) is 0 Å². The molecule has 2 aliphatic heterocycles. The maximum Gasteiger partial charge on any atom is 0.245 e. The molecular weight excluding hydrogens is 246 g/mol. The number of amides is 1. The Balaban J connectivity index is 1.96. The molecule has 3 rings (SSSR count). The summed E-state index contributed by atoms with van der Waals surface area (Å²) in [5.41, 5.74) is 7.76. The molecule has 0 saturated carbocycles. The molecule has 4 nitrogen and oxygen atoms in total. The molecule has 1 aromatic carbocycles. The van der Waals surface area contributed by atoms with Crippen molar-refractivity contribution in [3.05, 3.63) is 18.2 Å². The van der Waals surface area contributed by atoms with Crippen LogP contribution in [0, 0.1) is 0 Å². The number of fused-ring (bicyclic) bond motifs is 1. The van der Waals surface area contributed by atoms with Crippen molar-refractivity contribution >= 4 is 29.0 Å². The Morgan fingerprint density at radius 2 is 2.22 bits per heavy atom. The zero-order valence-electron chi connectivity index (χ0n) is 10.4. The summed E-state index contributed by atoms with van der Waals surface area (Å²) < 4.78 is 0. The van der Waals surface area contributed by atoms with E-state index in [1.165, 1.54) is 4.90 Å². The van der Waals surface area contributed by atoms with Crippen molar-refractivity contribution in [3.63, 3.8) is 0 Å². The standard InChI is InChI=1S/C13H17N3OS/c1-15-5-4-10(13(15)17)16-6-7-18-12-3-2-9(14)8-11(12)16/h2-3,8,10H,4-7,14H2,1H3. The summed E-state index contributed by atoms with van der Waals surface area (Å²) in [5.74, 6) is 1.26. The van der Waals surface area contributed by atoms with E-state index in [1.54, 1.807) is 0 Å². The molecule has 2 heterocycles. The van der Waals surface area contributed by atoms with Gasteiger partial charge in [0, 0.05) is 36.5 Å². The van der Waals surface area contributed by atoms with Crippen LogP contribution in [0.2, 0.25) is 0 Å². The third-order valence-corrected chi connectivity index (χ3v) is 4.70. The van der Waals surface area contributed by atoms with Gasteiger partial charge in [0.25, 0.3) is 0 Å². The molecule has 0 aliphatic carbocycles. The minimum Gasteiger partial charge on any atom is -0.399 e. The van der Waals surface area contributed by atoms with Crippen LogP contribution in [0.1, 0.15) is 6.42 Å². The first-order chi connectivity index (χ1) is 8.66. The van der Waals surface area contributed by atoms with Crippen molar-refractivity contribution in [2.75, 3.05) is 36.5 Å². The zero-order valence-corrected chi connectivity index (χ0v) is 11.2. The number of nitrogen functional groups attached to an aromatic ring is 1. The monoisotopic (exact) mass is 263 g/mol. The minimum atomic E-state index is -0.00329. The summed E-state index contributed by atoms with van der Waals surface area (Å²) in [6, 6.07) is 5.98. The molecule has 5 heteroatoms. The van der Waals surface area contributed by atoms with Gasteiger partial charge >= 0.3 is 0 Å². The summed E-state index contributed by atoms with van der Waals surface area (Å²) in [6.07, 6.45) is 0.911. The lowest BCUT2D eigenvalue weighted by Gasteiger charge is -2.34. The molecule has 2 N–H and O–H groups in total. The predicted molar refractivity (Wildman–Crippen MR) is 75.0 cm³/mol.